The van der Waals surface area contributed by atoms with Crippen molar-refractivity contribution in [1.29, 1.82) is 0 Å². The second-order valence-electron chi connectivity index (χ2n) is 7.88. The lowest BCUT2D eigenvalue weighted by Crippen LogP contribution is -2.35. The molecule has 2 aromatic rings. The molecule has 1 fully saturated rings. The Morgan fingerprint density at radius 2 is 1.68 bits per heavy atom. The van der Waals surface area contributed by atoms with E-state index in [1.54, 1.807) is 51.7 Å². The molecule has 1 saturated heterocycles. The number of carbonyl (C=O) groups excluding carboxylic acids is 2. The molecule has 0 atom stereocenters. The third kappa shape index (κ3) is 4.42. The molecule has 0 aliphatic carbocycles. The Bertz CT molecular complexity index is 1090. The number of rotatable bonds is 5. The minimum Gasteiger partial charge on any atom is -0.352 e. The van der Waals surface area contributed by atoms with E-state index in [1.165, 1.54) is 0 Å². The average molecular weight is 443 g/mol. The molecule has 3 amide bonds. The Labute approximate surface area is 182 Å². The van der Waals surface area contributed by atoms with Gasteiger partial charge in [0, 0.05) is 37.4 Å². The molecule has 2 aromatic carbocycles. The molecule has 8 nitrogen and oxygen atoms in total. The summed E-state index contributed by atoms with van der Waals surface area (Å²) < 4.78 is 27.5. The highest BCUT2D eigenvalue weighted by atomic mass is 32.2. The van der Waals surface area contributed by atoms with Crippen LogP contribution in [0.1, 0.15) is 40.7 Å². The van der Waals surface area contributed by atoms with E-state index in [0.717, 1.165) is 36.1 Å². The van der Waals surface area contributed by atoms with Crippen LogP contribution in [0, 0.1) is 0 Å². The van der Waals surface area contributed by atoms with Gasteiger partial charge in [-0.2, -0.15) is 4.31 Å². The highest BCUT2D eigenvalue weighted by Gasteiger charge is 2.30. The van der Waals surface area contributed by atoms with Crippen molar-refractivity contribution in [3.05, 3.63) is 59.2 Å². The number of piperidine rings is 1. The topological polar surface area (TPSA) is 113 Å². The monoisotopic (exact) mass is 442 g/mol. The van der Waals surface area contributed by atoms with Crippen LogP contribution in [0.4, 0.5) is 10.5 Å². The molecule has 4 rings (SSSR count). The van der Waals surface area contributed by atoms with E-state index in [0.29, 0.717) is 43.1 Å². The first-order valence-electron chi connectivity index (χ1n) is 10.4. The van der Waals surface area contributed by atoms with Crippen LogP contribution in [0.15, 0.2) is 47.4 Å². The fourth-order valence-corrected chi connectivity index (χ4v) is 5.68. The van der Waals surface area contributed by atoms with Gasteiger partial charge in [0.25, 0.3) is 5.91 Å². The fourth-order valence-electron chi connectivity index (χ4n) is 4.11. The highest BCUT2D eigenvalue weighted by molar-refractivity contribution is 7.89. The number of nitrogens with one attached hydrogen (secondary N) is 1. The van der Waals surface area contributed by atoms with Crippen molar-refractivity contribution in [3.8, 4) is 0 Å². The number of hydrogen-bond acceptors (Lipinski definition) is 4. The zero-order valence-corrected chi connectivity index (χ0v) is 18.0. The summed E-state index contributed by atoms with van der Waals surface area (Å²) in [7, 11) is -3.50. The Balaban J connectivity index is 1.51. The molecular weight excluding hydrogens is 416 g/mol. The van der Waals surface area contributed by atoms with Crippen molar-refractivity contribution in [1.82, 2.24) is 9.62 Å². The summed E-state index contributed by atoms with van der Waals surface area (Å²) in [5, 5.41) is 2.51. The van der Waals surface area contributed by atoms with Gasteiger partial charge in [0.1, 0.15) is 0 Å². The summed E-state index contributed by atoms with van der Waals surface area (Å²) in [4.78, 5) is 25.8. The maximum Gasteiger partial charge on any atom is 0.312 e. The van der Waals surface area contributed by atoms with Crippen molar-refractivity contribution in [2.75, 3.05) is 24.5 Å². The van der Waals surface area contributed by atoms with Gasteiger partial charge in [0.05, 0.1) is 4.90 Å². The molecule has 2 heterocycles. The van der Waals surface area contributed by atoms with Crippen LogP contribution in [-0.4, -0.2) is 44.3 Å². The van der Waals surface area contributed by atoms with Crippen LogP contribution >= 0.6 is 0 Å². The number of nitrogens with zero attached hydrogens (tertiary/aromatic N) is 2. The Kier molecular flexibility index (Phi) is 5.97. The Morgan fingerprint density at radius 1 is 0.968 bits per heavy atom. The van der Waals surface area contributed by atoms with Crippen molar-refractivity contribution in [2.45, 2.75) is 37.1 Å². The zero-order valence-electron chi connectivity index (χ0n) is 17.2. The maximum atomic E-state index is 13.0. The third-order valence-corrected chi connectivity index (χ3v) is 7.71. The molecule has 3 N–H and O–H groups in total. The molecule has 0 radical (unpaired) electrons. The van der Waals surface area contributed by atoms with Crippen LogP contribution in [0.3, 0.4) is 0 Å². The maximum absolute atomic E-state index is 13.0. The van der Waals surface area contributed by atoms with Crippen molar-refractivity contribution in [2.24, 2.45) is 5.73 Å². The third-order valence-electron chi connectivity index (χ3n) is 5.81. The van der Waals surface area contributed by atoms with E-state index in [1.807, 2.05) is 0 Å². The second kappa shape index (κ2) is 8.68. The summed E-state index contributed by atoms with van der Waals surface area (Å²) in [6.45, 7) is 1.93. The summed E-state index contributed by atoms with van der Waals surface area (Å²) in [5.74, 6) is -0.139. The van der Waals surface area contributed by atoms with Gasteiger partial charge in [-0.25, -0.2) is 13.2 Å². The molecule has 2 aliphatic heterocycles. The van der Waals surface area contributed by atoms with E-state index in [4.69, 9.17) is 5.73 Å². The number of anilines is 1. The van der Waals surface area contributed by atoms with Gasteiger partial charge >= 0.3 is 6.03 Å². The zero-order chi connectivity index (χ0) is 22.0. The first kappa shape index (κ1) is 21.3. The van der Waals surface area contributed by atoms with Gasteiger partial charge in [0.2, 0.25) is 10.0 Å². The molecule has 0 unspecified atom stereocenters. The number of hydrogen-bond donors (Lipinski definition) is 2. The Morgan fingerprint density at radius 3 is 2.35 bits per heavy atom. The van der Waals surface area contributed by atoms with Gasteiger partial charge in [-0.15, -0.1) is 0 Å². The Hall–Kier alpha value is -2.91. The number of primary amides is 1. The summed E-state index contributed by atoms with van der Waals surface area (Å²) in [6, 6.07) is 11.4. The molecule has 2 aliphatic rings. The minimum absolute atomic E-state index is 0.139. The first-order valence-corrected chi connectivity index (χ1v) is 11.9. The number of fused-ring (bicyclic) bond motifs is 1. The molecule has 0 aromatic heterocycles. The summed E-state index contributed by atoms with van der Waals surface area (Å²) in [6.07, 6.45) is 3.47. The van der Waals surface area contributed by atoms with E-state index in [-0.39, 0.29) is 5.91 Å². The summed E-state index contributed by atoms with van der Waals surface area (Å²) in [5.41, 5.74) is 8.06. The second-order valence-corrected chi connectivity index (χ2v) is 9.81. The molecule has 0 spiro atoms. The quantitative estimate of drug-likeness (QED) is 0.739. The van der Waals surface area contributed by atoms with Crippen molar-refractivity contribution in [3.63, 3.8) is 0 Å². The van der Waals surface area contributed by atoms with Crippen molar-refractivity contribution >= 4 is 27.6 Å². The minimum atomic E-state index is -3.50. The predicted molar refractivity (Wildman–Crippen MR) is 117 cm³/mol. The van der Waals surface area contributed by atoms with Crippen LogP contribution in [-0.2, 0) is 23.0 Å². The number of urea groups is 1. The van der Waals surface area contributed by atoms with Gasteiger partial charge in [-0.1, -0.05) is 18.6 Å². The molecule has 0 saturated carbocycles. The lowest BCUT2D eigenvalue weighted by atomic mass is 10.1. The lowest BCUT2D eigenvalue weighted by molar-refractivity contribution is 0.0989. The van der Waals surface area contributed by atoms with Crippen LogP contribution in [0.25, 0.3) is 0 Å². The highest BCUT2D eigenvalue weighted by Crippen LogP contribution is 2.32. The fraction of sp³-hybridized carbons (Fsp3) is 0.364. The lowest BCUT2D eigenvalue weighted by Gasteiger charge is -2.26. The number of nitrogens with two attached hydrogens (primary N) is 1. The SMILES string of the molecule is NC(=O)NCc1ccc(C(=O)N2CCc3cc(S(=O)(=O)N4CCCCC4)ccc32)cc1. The molecule has 31 heavy (non-hydrogen) atoms. The molecule has 164 valence electrons. The standard InChI is InChI=1S/C22H26N4O4S/c23-22(28)24-15-16-4-6-17(7-5-16)21(27)26-13-10-18-14-19(8-9-20(18)26)31(29,30)25-11-2-1-3-12-25/h4-9,14H,1-3,10-13,15H2,(H3,23,24,28). The molecule has 9 heteroatoms. The largest absolute Gasteiger partial charge is 0.352 e. The smallest absolute Gasteiger partial charge is 0.312 e. The average Bonchev–Trinajstić information content (AvgIpc) is 3.21. The van der Waals surface area contributed by atoms with E-state index < -0.39 is 16.1 Å². The van der Waals surface area contributed by atoms with Gasteiger partial charge in [-0.3, -0.25) is 4.79 Å². The van der Waals surface area contributed by atoms with Gasteiger partial charge < -0.3 is 16.0 Å². The van der Waals surface area contributed by atoms with Gasteiger partial charge in [0.15, 0.2) is 0 Å². The van der Waals surface area contributed by atoms with Crippen LogP contribution in [0.5, 0.6) is 0 Å². The van der Waals surface area contributed by atoms with Crippen molar-refractivity contribution < 1.29 is 18.0 Å². The van der Waals surface area contributed by atoms with Gasteiger partial charge in [-0.05, 0) is 60.7 Å². The van der Waals surface area contributed by atoms with Crippen LogP contribution in [0.2, 0.25) is 0 Å². The summed E-state index contributed by atoms with van der Waals surface area (Å²) >= 11 is 0. The number of carbonyl (C=O) groups is 2. The number of sulfonamides is 1. The number of amides is 3. The van der Waals surface area contributed by atoms with E-state index >= 15 is 0 Å². The van der Waals surface area contributed by atoms with Crippen LogP contribution < -0.4 is 16.0 Å². The predicted octanol–water partition coefficient (Wildman–Crippen LogP) is 2.23. The molecule has 0 bridgehead atoms. The first-order chi connectivity index (χ1) is 14.9. The van der Waals surface area contributed by atoms with E-state index in [2.05, 4.69) is 5.32 Å². The van der Waals surface area contributed by atoms with E-state index in [9.17, 15) is 18.0 Å². The normalized spacial score (nSPS) is 16.7. The molecular formula is C22H26N4O4S. The number of benzene rings is 2.